The molecule has 2 aromatic carbocycles. The normalized spacial score (nSPS) is 11.1. The number of rotatable bonds is 5. The highest BCUT2D eigenvalue weighted by Crippen LogP contribution is 2.24. The van der Waals surface area contributed by atoms with Crippen LogP contribution in [0, 0.1) is 12.7 Å². The number of fused-ring (bicyclic) bond motifs is 3. The van der Waals surface area contributed by atoms with E-state index in [2.05, 4.69) is 10.4 Å². The van der Waals surface area contributed by atoms with Crippen LogP contribution in [-0.4, -0.2) is 27.2 Å². The first kappa shape index (κ1) is 18.7. The molecule has 2 aromatic heterocycles. The van der Waals surface area contributed by atoms with Crippen molar-refractivity contribution in [1.82, 2.24) is 19.5 Å². The molecule has 148 valence electrons. The highest BCUT2D eigenvalue weighted by Gasteiger charge is 2.14. The molecule has 0 aliphatic rings. The van der Waals surface area contributed by atoms with Crippen LogP contribution in [0.4, 0.5) is 4.39 Å². The van der Waals surface area contributed by atoms with Crippen LogP contribution in [0.15, 0.2) is 53.3 Å². The fourth-order valence-electron chi connectivity index (χ4n) is 3.33. The number of hydrogen-bond donors (Lipinski definition) is 1. The molecule has 0 fully saturated rings. The lowest BCUT2D eigenvalue weighted by Crippen LogP contribution is -2.34. The number of aromatic nitrogens is 3. The maximum absolute atomic E-state index is 13.0. The van der Waals surface area contributed by atoms with Gasteiger partial charge in [0.15, 0.2) is 0 Å². The number of halogens is 1. The molecule has 0 unspecified atom stereocenters. The Hall–Kier alpha value is -3.68. The van der Waals surface area contributed by atoms with Crippen LogP contribution >= 0.6 is 0 Å². The van der Waals surface area contributed by atoms with Gasteiger partial charge in [0, 0.05) is 11.9 Å². The van der Waals surface area contributed by atoms with Gasteiger partial charge in [-0.15, -0.1) is 0 Å². The molecule has 8 heteroatoms. The van der Waals surface area contributed by atoms with E-state index in [1.165, 1.54) is 12.1 Å². The highest BCUT2D eigenvalue weighted by molar-refractivity contribution is 5.88. The van der Waals surface area contributed by atoms with Crippen LogP contribution in [0.2, 0.25) is 0 Å². The number of hydrogen-bond acceptors (Lipinski definition) is 4. The number of nitrogens with zero attached hydrogens (tertiary/aromatic N) is 3. The minimum atomic E-state index is -0.359. The molecule has 29 heavy (non-hydrogen) atoms. The zero-order valence-corrected chi connectivity index (χ0v) is 16.0. The molecule has 1 N–H and O–H groups in total. The van der Waals surface area contributed by atoms with E-state index in [1.54, 1.807) is 36.6 Å². The van der Waals surface area contributed by atoms with Gasteiger partial charge < -0.3 is 10.1 Å². The van der Waals surface area contributed by atoms with Crippen molar-refractivity contribution in [2.24, 2.45) is 0 Å². The van der Waals surface area contributed by atoms with Crippen LogP contribution in [0.3, 0.4) is 0 Å². The van der Waals surface area contributed by atoms with Crippen LogP contribution in [0.25, 0.3) is 16.4 Å². The predicted molar refractivity (Wildman–Crippen MR) is 106 cm³/mol. The summed E-state index contributed by atoms with van der Waals surface area (Å²) in [5, 5.41) is 7.87. The Morgan fingerprint density at radius 1 is 1.14 bits per heavy atom. The Labute approximate surface area is 165 Å². The largest absolute Gasteiger partial charge is 0.497 e. The fraction of sp³-hybridized carbons (Fsp3) is 0.190. The monoisotopic (exact) mass is 394 g/mol. The summed E-state index contributed by atoms with van der Waals surface area (Å²) in [6, 6.07) is 13.2. The first-order valence-corrected chi connectivity index (χ1v) is 9.04. The molecular formula is C21H19FN4O3. The summed E-state index contributed by atoms with van der Waals surface area (Å²) in [7, 11) is 1.58. The van der Waals surface area contributed by atoms with Crippen LogP contribution in [0.5, 0.6) is 5.75 Å². The molecule has 0 saturated carbocycles. The highest BCUT2D eigenvalue weighted by atomic mass is 19.1. The first-order chi connectivity index (χ1) is 14.0. The molecule has 0 bridgehead atoms. The van der Waals surface area contributed by atoms with Crippen LogP contribution < -0.4 is 15.6 Å². The zero-order valence-electron chi connectivity index (χ0n) is 16.0. The van der Waals surface area contributed by atoms with E-state index in [0.29, 0.717) is 17.1 Å². The average molecular weight is 394 g/mol. The minimum absolute atomic E-state index is 0.206. The SMILES string of the molecule is COc1ccc2c(c1)cc1c(=O)n(CC(=O)NCc3ccc(F)cc3)nc(C)n12. The molecule has 0 spiro atoms. The molecule has 7 nitrogen and oxygen atoms in total. The summed E-state index contributed by atoms with van der Waals surface area (Å²) >= 11 is 0. The summed E-state index contributed by atoms with van der Waals surface area (Å²) in [5.41, 5.74) is 1.68. The number of nitrogens with one attached hydrogen (secondary N) is 1. The maximum Gasteiger partial charge on any atom is 0.291 e. The van der Waals surface area contributed by atoms with Gasteiger partial charge in [-0.3, -0.25) is 14.0 Å². The third kappa shape index (κ3) is 3.56. The number of ether oxygens (including phenoxy) is 1. The summed E-state index contributed by atoms with van der Waals surface area (Å²) in [5.74, 6) is 0.591. The van der Waals surface area contributed by atoms with Crippen molar-refractivity contribution in [3.63, 3.8) is 0 Å². The molecule has 0 atom stereocenters. The van der Waals surface area contributed by atoms with E-state index in [4.69, 9.17) is 4.74 Å². The molecule has 4 aromatic rings. The minimum Gasteiger partial charge on any atom is -0.497 e. The van der Waals surface area contributed by atoms with E-state index >= 15 is 0 Å². The second-order valence-electron chi connectivity index (χ2n) is 6.70. The summed E-state index contributed by atoms with van der Waals surface area (Å²) in [6.45, 7) is 1.81. The number of aryl methyl sites for hydroxylation is 1. The lowest BCUT2D eigenvalue weighted by molar-refractivity contribution is -0.122. The maximum atomic E-state index is 13.0. The Bertz CT molecular complexity index is 1280. The average Bonchev–Trinajstić information content (AvgIpc) is 3.10. The van der Waals surface area contributed by atoms with E-state index in [0.717, 1.165) is 21.1 Å². The number of carbonyl (C=O) groups excluding carboxylic acids is 1. The van der Waals surface area contributed by atoms with Crippen molar-refractivity contribution in [3.8, 4) is 5.75 Å². The van der Waals surface area contributed by atoms with Gasteiger partial charge in [-0.1, -0.05) is 12.1 Å². The van der Waals surface area contributed by atoms with Crippen molar-refractivity contribution >= 4 is 22.3 Å². The number of carbonyl (C=O) groups is 1. The standard InChI is InChI=1S/C21H19FN4O3/c1-13-24-25(12-20(27)23-11-14-3-5-16(22)6-4-14)21(28)19-10-15-9-17(29-2)7-8-18(15)26(13)19/h3-10H,11-12H2,1-2H3,(H,23,27). The van der Waals surface area contributed by atoms with E-state index < -0.39 is 0 Å². The quantitative estimate of drug-likeness (QED) is 0.564. The number of benzene rings is 2. The second kappa shape index (κ2) is 7.38. The van der Waals surface area contributed by atoms with Crippen LogP contribution in [0.1, 0.15) is 11.4 Å². The molecule has 2 heterocycles. The third-order valence-electron chi connectivity index (χ3n) is 4.75. The lowest BCUT2D eigenvalue weighted by atomic mass is 10.2. The molecule has 0 aliphatic carbocycles. The van der Waals surface area contributed by atoms with E-state index in [-0.39, 0.29) is 30.4 Å². The van der Waals surface area contributed by atoms with Crippen molar-refractivity contribution < 1.29 is 13.9 Å². The predicted octanol–water partition coefficient (Wildman–Crippen LogP) is 2.42. The van der Waals surface area contributed by atoms with Crippen molar-refractivity contribution in [1.29, 1.82) is 0 Å². The van der Waals surface area contributed by atoms with Crippen molar-refractivity contribution in [3.05, 3.63) is 76.1 Å². The van der Waals surface area contributed by atoms with E-state index in [1.807, 2.05) is 18.2 Å². The Morgan fingerprint density at radius 2 is 1.90 bits per heavy atom. The zero-order chi connectivity index (χ0) is 20.5. The lowest BCUT2D eigenvalue weighted by Gasteiger charge is -2.09. The van der Waals surface area contributed by atoms with E-state index in [9.17, 15) is 14.0 Å². The Morgan fingerprint density at radius 3 is 2.62 bits per heavy atom. The summed E-state index contributed by atoms with van der Waals surface area (Å²) in [4.78, 5) is 25.2. The van der Waals surface area contributed by atoms with Crippen LogP contribution in [-0.2, 0) is 17.9 Å². The molecule has 4 rings (SSSR count). The fourth-order valence-corrected chi connectivity index (χ4v) is 3.33. The first-order valence-electron chi connectivity index (χ1n) is 9.04. The van der Waals surface area contributed by atoms with Gasteiger partial charge in [0.25, 0.3) is 5.56 Å². The summed E-state index contributed by atoms with van der Waals surface area (Å²) in [6.07, 6.45) is 0. The second-order valence-corrected chi connectivity index (χ2v) is 6.70. The van der Waals surface area contributed by atoms with Gasteiger partial charge in [0.1, 0.15) is 29.5 Å². The topological polar surface area (TPSA) is 77.6 Å². The van der Waals surface area contributed by atoms with Crippen molar-refractivity contribution in [2.75, 3.05) is 7.11 Å². The Balaban J connectivity index is 1.61. The summed E-state index contributed by atoms with van der Waals surface area (Å²) < 4.78 is 21.1. The molecular weight excluding hydrogens is 375 g/mol. The number of amides is 1. The van der Waals surface area contributed by atoms with Gasteiger partial charge in [0.2, 0.25) is 5.91 Å². The van der Waals surface area contributed by atoms with Gasteiger partial charge in [-0.05, 0) is 48.9 Å². The molecule has 0 saturated heterocycles. The molecule has 1 amide bonds. The molecule has 0 aliphatic heterocycles. The smallest absolute Gasteiger partial charge is 0.291 e. The van der Waals surface area contributed by atoms with Crippen molar-refractivity contribution in [2.45, 2.75) is 20.0 Å². The Kier molecular flexibility index (Phi) is 4.75. The third-order valence-corrected chi connectivity index (χ3v) is 4.75. The number of methoxy groups -OCH3 is 1. The van der Waals surface area contributed by atoms with Gasteiger partial charge >= 0.3 is 0 Å². The van der Waals surface area contributed by atoms with Gasteiger partial charge in [-0.2, -0.15) is 5.10 Å². The van der Waals surface area contributed by atoms with Gasteiger partial charge in [-0.25, -0.2) is 9.07 Å². The molecule has 0 radical (unpaired) electrons. The van der Waals surface area contributed by atoms with Gasteiger partial charge in [0.05, 0.1) is 12.6 Å².